The number of nitrogens with zero attached hydrogens (tertiary/aromatic N) is 4. The first kappa shape index (κ1) is 23.8. The highest BCUT2D eigenvalue weighted by Crippen LogP contribution is 2.37. The molecule has 1 aliphatic rings. The number of para-hydroxylation sites is 1. The molecule has 0 spiro atoms. The molecule has 7 nitrogen and oxygen atoms in total. The van der Waals surface area contributed by atoms with Gasteiger partial charge in [0, 0.05) is 24.7 Å². The molecule has 0 aliphatic carbocycles. The Bertz CT molecular complexity index is 1250. The van der Waals surface area contributed by atoms with Crippen molar-refractivity contribution in [1.82, 2.24) is 20.1 Å². The highest BCUT2D eigenvalue weighted by molar-refractivity contribution is 6.32. The Morgan fingerprint density at radius 1 is 1.18 bits per heavy atom. The molecular weight excluding hydrogens is 464 g/mol. The summed E-state index contributed by atoms with van der Waals surface area (Å²) in [5.41, 5.74) is 3.24. The van der Waals surface area contributed by atoms with Gasteiger partial charge in [0.1, 0.15) is 0 Å². The van der Waals surface area contributed by atoms with Crippen LogP contribution in [-0.4, -0.2) is 40.1 Å². The van der Waals surface area contributed by atoms with E-state index in [2.05, 4.69) is 20.5 Å². The summed E-state index contributed by atoms with van der Waals surface area (Å²) in [5.74, 6) is 0.0964. The number of aromatic nitrogens is 3. The lowest BCUT2D eigenvalue weighted by atomic mass is 10.0. The number of halogens is 3. The van der Waals surface area contributed by atoms with E-state index in [1.165, 1.54) is 13.2 Å². The predicted molar refractivity (Wildman–Crippen MR) is 125 cm³/mol. The largest absolute Gasteiger partial charge is 0.493 e. The van der Waals surface area contributed by atoms with Crippen LogP contribution in [0.1, 0.15) is 64.9 Å². The number of amides is 1. The maximum absolute atomic E-state index is 13.6. The zero-order valence-corrected chi connectivity index (χ0v) is 20.0. The number of alkyl halides is 2. The number of methoxy groups -OCH3 is 1. The van der Waals surface area contributed by atoms with Crippen LogP contribution < -0.4 is 10.1 Å². The molecule has 178 valence electrons. The molecule has 0 fully saturated rings. The average molecular weight is 488 g/mol. The normalized spacial score (nSPS) is 13.1. The van der Waals surface area contributed by atoms with Crippen LogP contribution in [0.3, 0.4) is 0 Å². The van der Waals surface area contributed by atoms with E-state index in [-0.39, 0.29) is 29.5 Å². The Kier molecular flexibility index (Phi) is 6.65. The van der Waals surface area contributed by atoms with Gasteiger partial charge in [0.15, 0.2) is 5.75 Å². The zero-order chi connectivity index (χ0) is 24.6. The van der Waals surface area contributed by atoms with Crippen molar-refractivity contribution in [3.63, 3.8) is 0 Å². The third-order valence-electron chi connectivity index (χ3n) is 5.58. The van der Waals surface area contributed by atoms with E-state index in [4.69, 9.17) is 16.3 Å². The van der Waals surface area contributed by atoms with Gasteiger partial charge < -0.3 is 15.0 Å². The van der Waals surface area contributed by atoms with E-state index in [0.29, 0.717) is 51.3 Å². The minimum atomic E-state index is -2.65. The van der Waals surface area contributed by atoms with Crippen molar-refractivity contribution in [3.8, 4) is 5.75 Å². The van der Waals surface area contributed by atoms with E-state index >= 15 is 0 Å². The quantitative estimate of drug-likeness (QED) is 0.473. The molecule has 0 unspecified atom stereocenters. The van der Waals surface area contributed by atoms with Gasteiger partial charge in [0.2, 0.25) is 0 Å². The van der Waals surface area contributed by atoms with Crippen LogP contribution in [0, 0.1) is 0 Å². The van der Waals surface area contributed by atoms with Gasteiger partial charge in [-0.05, 0) is 30.2 Å². The highest BCUT2D eigenvalue weighted by atomic mass is 35.5. The first-order valence-corrected chi connectivity index (χ1v) is 11.1. The fourth-order valence-corrected chi connectivity index (χ4v) is 4.25. The van der Waals surface area contributed by atoms with E-state index in [9.17, 15) is 13.6 Å². The fraction of sp³-hybridized carbons (Fsp3) is 0.333. The molecule has 10 heteroatoms. The Morgan fingerprint density at radius 2 is 1.94 bits per heavy atom. The minimum Gasteiger partial charge on any atom is -0.493 e. The lowest BCUT2D eigenvalue weighted by molar-refractivity contribution is 0.0817. The van der Waals surface area contributed by atoms with E-state index in [0.717, 1.165) is 0 Å². The van der Waals surface area contributed by atoms with Gasteiger partial charge >= 0.3 is 0 Å². The molecule has 3 heterocycles. The maximum Gasteiger partial charge on any atom is 0.265 e. The summed E-state index contributed by atoms with van der Waals surface area (Å²) in [6.07, 6.45) is -2.48. The maximum atomic E-state index is 13.6. The number of hydrogen-bond acceptors (Lipinski definition) is 6. The first-order valence-electron chi connectivity index (χ1n) is 10.7. The average Bonchev–Trinajstić information content (AvgIpc) is 3.07. The van der Waals surface area contributed by atoms with Gasteiger partial charge in [-0.1, -0.05) is 31.5 Å². The molecule has 1 aliphatic heterocycles. The number of ether oxygens (including phenoxy) is 1. The lowest BCUT2D eigenvalue weighted by Gasteiger charge is -2.16. The van der Waals surface area contributed by atoms with Crippen LogP contribution in [0.15, 0.2) is 30.3 Å². The van der Waals surface area contributed by atoms with Gasteiger partial charge in [-0.25, -0.2) is 8.78 Å². The fourth-order valence-electron chi connectivity index (χ4n) is 4.00. The summed E-state index contributed by atoms with van der Waals surface area (Å²) >= 11 is 6.25. The van der Waals surface area contributed by atoms with Gasteiger partial charge in [0.25, 0.3) is 12.3 Å². The van der Waals surface area contributed by atoms with Crippen molar-refractivity contribution in [1.29, 1.82) is 0 Å². The number of rotatable bonds is 7. The number of carbonyl (C=O) groups is 1. The molecule has 1 aromatic carbocycles. The van der Waals surface area contributed by atoms with Crippen molar-refractivity contribution in [3.05, 3.63) is 69.3 Å². The number of anilines is 2. The van der Waals surface area contributed by atoms with Gasteiger partial charge in [-0.3, -0.25) is 9.78 Å². The summed E-state index contributed by atoms with van der Waals surface area (Å²) in [5, 5.41) is 11.9. The number of carbonyl (C=O) groups excluding carboxylic acids is 1. The first-order chi connectivity index (χ1) is 16.2. The summed E-state index contributed by atoms with van der Waals surface area (Å²) in [6, 6.07) is 8.35. The molecular formula is C24H24ClF2N5O2. The topological polar surface area (TPSA) is 80.2 Å². The van der Waals surface area contributed by atoms with Crippen LogP contribution in [0.4, 0.5) is 20.2 Å². The van der Waals surface area contributed by atoms with Gasteiger partial charge in [0.05, 0.1) is 52.7 Å². The van der Waals surface area contributed by atoms with Crippen LogP contribution in [0.2, 0.25) is 5.02 Å². The molecule has 0 bridgehead atoms. The number of hydrogen-bond donors (Lipinski definition) is 1. The van der Waals surface area contributed by atoms with Crippen molar-refractivity contribution in [2.24, 2.45) is 0 Å². The molecule has 1 N–H and O–H groups in total. The molecule has 1 amide bonds. The Labute approximate surface area is 201 Å². The van der Waals surface area contributed by atoms with Crippen molar-refractivity contribution in [2.45, 2.75) is 39.2 Å². The molecule has 2 aromatic heterocycles. The molecule has 0 saturated carbocycles. The molecule has 0 saturated heterocycles. The van der Waals surface area contributed by atoms with Crippen LogP contribution in [0.25, 0.3) is 0 Å². The van der Waals surface area contributed by atoms with Crippen molar-refractivity contribution < 1.29 is 18.3 Å². The number of fused-ring (bicyclic) bond motifs is 1. The molecule has 0 radical (unpaired) electrons. The Balaban J connectivity index is 1.75. The third-order valence-corrected chi connectivity index (χ3v) is 5.88. The summed E-state index contributed by atoms with van der Waals surface area (Å²) in [7, 11) is 3.20. The second-order valence-electron chi connectivity index (χ2n) is 8.40. The number of nitrogens with one attached hydrogen (secondary N) is 1. The van der Waals surface area contributed by atoms with Crippen molar-refractivity contribution >= 4 is 28.9 Å². The van der Waals surface area contributed by atoms with Crippen molar-refractivity contribution in [2.75, 3.05) is 19.5 Å². The summed E-state index contributed by atoms with van der Waals surface area (Å²) in [4.78, 5) is 19.0. The monoisotopic (exact) mass is 487 g/mol. The Morgan fingerprint density at radius 3 is 2.62 bits per heavy atom. The second kappa shape index (κ2) is 9.50. The van der Waals surface area contributed by atoms with Crippen LogP contribution in [-0.2, 0) is 13.0 Å². The van der Waals surface area contributed by atoms with E-state index < -0.39 is 6.43 Å². The highest BCUT2D eigenvalue weighted by Gasteiger charge is 2.30. The minimum absolute atomic E-state index is 0.127. The summed E-state index contributed by atoms with van der Waals surface area (Å²) in [6.45, 7) is 3.93. The van der Waals surface area contributed by atoms with Gasteiger partial charge in [-0.2, -0.15) is 10.2 Å². The van der Waals surface area contributed by atoms with E-state index in [1.807, 2.05) is 0 Å². The number of benzene rings is 1. The van der Waals surface area contributed by atoms with Gasteiger partial charge in [-0.15, -0.1) is 0 Å². The third kappa shape index (κ3) is 4.52. The molecule has 4 rings (SSSR count). The lowest BCUT2D eigenvalue weighted by Crippen LogP contribution is -2.18. The van der Waals surface area contributed by atoms with Crippen LogP contribution in [0.5, 0.6) is 5.75 Å². The summed E-state index contributed by atoms with van der Waals surface area (Å²) < 4.78 is 32.7. The molecule has 3 aromatic rings. The Hall–Kier alpha value is -3.33. The standard InChI is InChI=1S/C24H24ClF2N5O2/c1-12(2)21-15(23(26)27)9-14(30-31-21)8-13-10-18(20-19(28-13)11-32(3)24(20)33)29-17-7-5-6-16(25)22(17)34-4/h5-7,9-10,12,23H,8,11H2,1-4H3,(H,28,29). The SMILES string of the molecule is COc1c(Cl)cccc1Nc1cc(Cc2cc(C(F)F)c(C(C)C)nn2)nc2c1C(=O)N(C)C2. The predicted octanol–water partition coefficient (Wildman–Crippen LogP) is 5.51. The zero-order valence-electron chi connectivity index (χ0n) is 19.2. The molecule has 0 atom stereocenters. The number of pyridine rings is 1. The van der Waals surface area contributed by atoms with Crippen LogP contribution >= 0.6 is 11.6 Å². The second-order valence-corrected chi connectivity index (χ2v) is 8.81. The smallest absolute Gasteiger partial charge is 0.265 e. The molecule has 34 heavy (non-hydrogen) atoms. The van der Waals surface area contributed by atoms with E-state index in [1.54, 1.807) is 50.1 Å².